The van der Waals surface area contributed by atoms with Crippen molar-refractivity contribution in [1.29, 1.82) is 0 Å². The molecule has 0 amide bonds. The third kappa shape index (κ3) is 1.65. The van der Waals surface area contributed by atoms with E-state index in [1.165, 1.54) is 5.56 Å². The fraction of sp³-hybridized carbons (Fsp3) is 0.333. The Kier molecular flexibility index (Phi) is 2.54. The molecule has 0 aliphatic carbocycles. The first-order valence-electron chi connectivity index (χ1n) is 4.80. The molecule has 0 atom stereocenters. The Bertz CT molecular complexity index is 408. The molecule has 0 aromatic heterocycles. The van der Waals surface area contributed by atoms with Crippen LogP contribution in [0.25, 0.3) is 5.57 Å². The number of ether oxygens (including phenoxy) is 3. The summed E-state index contributed by atoms with van der Waals surface area (Å²) < 4.78 is 15.8. The predicted molar refractivity (Wildman–Crippen MR) is 58.0 cm³/mol. The maximum atomic E-state index is 5.32. The minimum absolute atomic E-state index is 0.590. The van der Waals surface area contributed by atoms with Crippen LogP contribution in [0.5, 0.6) is 11.5 Å². The molecule has 0 N–H and O–H groups in total. The van der Waals surface area contributed by atoms with Gasteiger partial charge in [0.25, 0.3) is 0 Å². The van der Waals surface area contributed by atoms with Gasteiger partial charge in [0, 0.05) is 5.56 Å². The zero-order chi connectivity index (χ0) is 10.8. The summed E-state index contributed by atoms with van der Waals surface area (Å²) in [6, 6.07) is 3.95. The van der Waals surface area contributed by atoms with Gasteiger partial charge < -0.3 is 14.2 Å². The Hall–Kier alpha value is -1.64. The van der Waals surface area contributed by atoms with E-state index >= 15 is 0 Å². The molecule has 2 rings (SSSR count). The van der Waals surface area contributed by atoms with E-state index in [1.807, 2.05) is 19.1 Å². The second-order valence-corrected chi connectivity index (χ2v) is 3.48. The van der Waals surface area contributed by atoms with Crippen molar-refractivity contribution in [1.82, 2.24) is 0 Å². The largest absolute Gasteiger partial charge is 0.496 e. The van der Waals surface area contributed by atoms with Crippen LogP contribution in [0.3, 0.4) is 0 Å². The fourth-order valence-electron chi connectivity index (χ4n) is 1.73. The lowest BCUT2D eigenvalue weighted by atomic mass is 10.00. The van der Waals surface area contributed by atoms with Crippen molar-refractivity contribution in [2.24, 2.45) is 0 Å². The van der Waals surface area contributed by atoms with Crippen molar-refractivity contribution in [3.63, 3.8) is 0 Å². The van der Waals surface area contributed by atoms with Crippen molar-refractivity contribution in [2.45, 2.75) is 13.5 Å². The topological polar surface area (TPSA) is 27.7 Å². The van der Waals surface area contributed by atoms with Gasteiger partial charge in [-0.3, -0.25) is 0 Å². The molecule has 0 bridgehead atoms. The van der Waals surface area contributed by atoms with Gasteiger partial charge in [0.15, 0.2) is 11.5 Å². The molecule has 15 heavy (non-hydrogen) atoms. The summed E-state index contributed by atoms with van der Waals surface area (Å²) in [5.74, 6) is 1.50. The fourth-order valence-corrected chi connectivity index (χ4v) is 1.73. The molecule has 1 aliphatic rings. The Balaban J connectivity index is 2.55. The summed E-state index contributed by atoms with van der Waals surface area (Å²) in [5.41, 5.74) is 3.41. The Labute approximate surface area is 89.3 Å². The smallest absolute Gasteiger partial charge is 0.161 e. The highest BCUT2D eigenvalue weighted by atomic mass is 16.5. The number of benzene rings is 1. The van der Waals surface area contributed by atoms with Crippen LogP contribution >= 0.6 is 0 Å². The lowest BCUT2D eigenvalue weighted by molar-refractivity contribution is 0.231. The van der Waals surface area contributed by atoms with Crippen LogP contribution in [0.4, 0.5) is 0 Å². The van der Waals surface area contributed by atoms with Gasteiger partial charge in [-0.1, -0.05) is 0 Å². The summed E-state index contributed by atoms with van der Waals surface area (Å²) in [4.78, 5) is 0. The van der Waals surface area contributed by atoms with Gasteiger partial charge in [0.1, 0.15) is 6.61 Å². The number of hydrogen-bond donors (Lipinski definition) is 0. The van der Waals surface area contributed by atoms with Crippen LogP contribution in [-0.2, 0) is 11.3 Å². The van der Waals surface area contributed by atoms with Gasteiger partial charge in [-0.2, -0.15) is 0 Å². The summed E-state index contributed by atoms with van der Waals surface area (Å²) in [6.45, 7) is 2.61. The van der Waals surface area contributed by atoms with Crippen LogP contribution in [0, 0.1) is 0 Å². The highest BCUT2D eigenvalue weighted by molar-refractivity contribution is 5.70. The number of allylic oxidation sites excluding steroid dienone is 1. The molecule has 1 aromatic rings. The van der Waals surface area contributed by atoms with E-state index < -0.39 is 0 Å². The normalized spacial score (nSPS) is 13.7. The Morgan fingerprint density at radius 3 is 2.47 bits per heavy atom. The van der Waals surface area contributed by atoms with Crippen molar-refractivity contribution in [2.75, 3.05) is 14.2 Å². The van der Waals surface area contributed by atoms with Gasteiger partial charge in [0.2, 0.25) is 0 Å². The van der Waals surface area contributed by atoms with Gasteiger partial charge in [-0.25, -0.2) is 0 Å². The van der Waals surface area contributed by atoms with E-state index in [4.69, 9.17) is 14.2 Å². The summed E-state index contributed by atoms with van der Waals surface area (Å²) >= 11 is 0. The highest BCUT2D eigenvalue weighted by Gasteiger charge is 2.15. The maximum Gasteiger partial charge on any atom is 0.161 e. The van der Waals surface area contributed by atoms with E-state index in [1.54, 1.807) is 20.5 Å². The van der Waals surface area contributed by atoms with Gasteiger partial charge in [0.05, 0.1) is 20.5 Å². The number of fused-ring (bicyclic) bond motifs is 1. The molecule has 0 spiro atoms. The number of rotatable bonds is 2. The van der Waals surface area contributed by atoms with Crippen molar-refractivity contribution >= 4 is 5.57 Å². The third-order valence-electron chi connectivity index (χ3n) is 2.53. The molecular formula is C12H14O3. The average molecular weight is 206 g/mol. The molecule has 1 heterocycles. The molecule has 0 fully saturated rings. The lowest BCUT2D eigenvalue weighted by Crippen LogP contribution is -2.02. The second kappa shape index (κ2) is 3.85. The average Bonchev–Trinajstić information content (AvgIpc) is 2.28. The zero-order valence-corrected chi connectivity index (χ0v) is 9.16. The third-order valence-corrected chi connectivity index (χ3v) is 2.53. The molecule has 1 aliphatic heterocycles. The molecule has 0 saturated heterocycles. The highest BCUT2D eigenvalue weighted by Crippen LogP contribution is 2.35. The monoisotopic (exact) mass is 206 g/mol. The summed E-state index contributed by atoms with van der Waals surface area (Å²) in [6.07, 6.45) is 1.77. The van der Waals surface area contributed by atoms with E-state index in [0.717, 1.165) is 22.6 Å². The minimum atomic E-state index is 0.590. The quantitative estimate of drug-likeness (QED) is 0.744. The molecule has 3 nitrogen and oxygen atoms in total. The SMILES string of the molecule is COc1cc2c(cc1OC)C(C)=COC2. The molecule has 80 valence electrons. The molecule has 0 radical (unpaired) electrons. The number of hydrogen-bond acceptors (Lipinski definition) is 3. The van der Waals surface area contributed by atoms with Crippen molar-refractivity contribution in [3.05, 3.63) is 29.5 Å². The van der Waals surface area contributed by atoms with Crippen LogP contribution in [0.2, 0.25) is 0 Å². The van der Waals surface area contributed by atoms with E-state index in [2.05, 4.69) is 0 Å². The molecular weight excluding hydrogens is 192 g/mol. The van der Waals surface area contributed by atoms with E-state index in [9.17, 15) is 0 Å². The first kappa shape index (κ1) is 9.90. The standard InChI is InChI=1S/C12H14O3/c1-8-6-15-7-9-4-11(13-2)12(14-3)5-10(8)9/h4-6H,7H2,1-3H3. The van der Waals surface area contributed by atoms with Gasteiger partial charge in [-0.05, 0) is 30.2 Å². The molecule has 0 unspecified atom stereocenters. The maximum absolute atomic E-state index is 5.32. The van der Waals surface area contributed by atoms with Crippen LogP contribution in [0.15, 0.2) is 18.4 Å². The Morgan fingerprint density at radius 2 is 1.80 bits per heavy atom. The molecule has 0 saturated carbocycles. The van der Waals surface area contributed by atoms with Crippen LogP contribution in [-0.4, -0.2) is 14.2 Å². The van der Waals surface area contributed by atoms with E-state index in [-0.39, 0.29) is 0 Å². The number of methoxy groups -OCH3 is 2. The van der Waals surface area contributed by atoms with Gasteiger partial charge >= 0.3 is 0 Å². The van der Waals surface area contributed by atoms with Gasteiger partial charge in [-0.15, -0.1) is 0 Å². The predicted octanol–water partition coefficient (Wildman–Crippen LogP) is 2.59. The first-order chi connectivity index (χ1) is 7.26. The Morgan fingerprint density at radius 1 is 1.13 bits per heavy atom. The van der Waals surface area contributed by atoms with Crippen LogP contribution in [0.1, 0.15) is 18.1 Å². The molecule has 1 aromatic carbocycles. The second-order valence-electron chi connectivity index (χ2n) is 3.48. The van der Waals surface area contributed by atoms with Crippen LogP contribution < -0.4 is 9.47 Å². The lowest BCUT2D eigenvalue weighted by Gasteiger charge is -2.18. The summed E-state index contributed by atoms with van der Waals surface area (Å²) in [7, 11) is 3.28. The first-order valence-corrected chi connectivity index (χ1v) is 4.80. The molecule has 3 heteroatoms. The van der Waals surface area contributed by atoms with E-state index in [0.29, 0.717) is 6.61 Å². The minimum Gasteiger partial charge on any atom is -0.496 e. The zero-order valence-electron chi connectivity index (χ0n) is 9.16. The summed E-state index contributed by atoms with van der Waals surface area (Å²) in [5, 5.41) is 0. The van der Waals surface area contributed by atoms with Crippen molar-refractivity contribution < 1.29 is 14.2 Å². The van der Waals surface area contributed by atoms with Crippen molar-refractivity contribution in [3.8, 4) is 11.5 Å².